The lowest BCUT2D eigenvalue weighted by atomic mass is 10.0. The zero-order chi connectivity index (χ0) is 13.8. The van der Waals surface area contributed by atoms with Gasteiger partial charge in [0.05, 0.1) is 12.5 Å². The fraction of sp³-hybridized carbons (Fsp3) is 0.200. The third-order valence-electron chi connectivity index (χ3n) is 2.86. The Morgan fingerprint density at radius 1 is 1.16 bits per heavy atom. The molecule has 0 bridgehead atoms. The maximum Gasteiger partial charge on any atom is 0.123 e. The van der Waals surface area contributed by atoms with Crippen molar-refractivity contribution in [2.45, 2.75) is 11.8 Å². The first-order valence-corrected chi connectivity index (χ1v) is 7.43. The van der Waals surface area contributed by atoms with Crippen molar-refractivity contribution in [2.75, 3.05) is 7.11 Å². The molecule has 2 aromatic rings. The van der Waals surface area contributed by atoms with E-state index < -0.39 is 0 Å². The van der Waals surface area contributed by atoms with Gasteiger partial charge in [-0.15, -0.1) is 11.6 Å². The molecule has 1 atom stereocenters. The highest BCUT2D eigenvalue weighted by Gasteiger charge is 2.14. The second kappa shape index (κ2) is 6.65. The summed E-state index contributed by atoms with van der Waals surface area (Å²) in [7, 11) is 1.63. The van der Waals surface area contributed by atoms with E-state index in [1.165, 1.54) is 5.56 Å². The Labute approximate surface area is 131 Å². The number of ether oxygens (including phenoxy) is 1. The quantitative estimate of drug-likeness (QED) is 0.642. The fourth-order valence-corrected chi connectivity index (χ4v) is 2.68. The van der Waals surface area contributed by atoms with Gasteiger partial charge in [0.25, 0.3) is 0 Å². The van der Waals surface area contributed by atoms with Gasteiger partial charge in [-0.3, -0.25) is 0 Å². The normalized spacial score (nSPS) is 12.2. The van der Waals surface area contributed by atoms with Crippen molar-refractivity contribution in [3.8, 4) is 5.75 Å². The van der Waals surface area contributed by atoms with Crippen LogP contribution in [0.4, 0.5) is 0 Å². The topological polar surface area (TPSA) is 9.23 Å². The van der Waals surface area contributed by atoms with Gasteiger partial charge in [0.15, 0.2) is 0 Å². The minimum Gasteiger partial charge on any atom is -0.496 e. The lowest BCUT2D eigenvalue weighted by molar-refractivity contribution is 0.409. The summed E-state index contributed by atoms with van der Waals surface area (Å²) in [4.78, 5) is 0. The van der Waals surface area contributed by atoms with Gasteiger partial charge in [-0.2, -0.15) is 0 Å². The molecule has 19 heavy (non-hydrogen) atoms. The fourth-order valence-electron chi connectivity index (χ4n) is 1.89. The number of benzene rings is 2. The van der Waals surface area contributed by atoms with Crippen LogP contribution >= 0.6 is 39.1 Å². The van der Waals surface area contributed by atoms with Crippen molar-refractivity contribution in [1.29, 1.82) is 0 Å². The summed E-state index contributed by atoms with van der Waals surface area (Å²) in [6, 6.07) is 13.6. The van der Waals surface area contributed by atoms with E-state index in [0.29, 0.717) is 5.02 Å². The van der Waals surface area contributed by atoms with E-state index in [1.54, 1.807) is 13.2 Å². The molecule has 2 rings (SSSR count). The first-order valence-electron chi connectivity index (χ1n) is 5.82. The van der Waals surface area contributed by atoms with Crippen LogP contribution in [0.15, 0.2) is 46.9 Å². The molecule has 0 fully saturated rings. The molecule has 0 aliphatic heterocycles. The van der Waals surface area contributed by atoms with Gasteiger partial charge in [-0.1, -0.05) is 39.7 Å². The van der Waals surface area contributed by atoms with Crippen LogP contribution in [0.5, 0.6) is 5.75 Å². The van der Waals surface area contributed by atoms with Crippen molar-refractivity contribution in [3.05, 3.63) is 63.1 Å². The molecule has 0 aromatic heterocycles. The van der Waals surface area contributed by atoms with Crippen LogP contribution in [0.1, 0.15) is 16.5 Å². The molecule has 100 valence electrons. The van der Waals surface area contributed by atoms with Crippen LogP contribution in [-0.4, -0.2) is 7.11 Å². The highest BCUT2D eigenvalue weighted by Crippen LogP contribution is 2.34. The minimum atomic E-state index is -0.171. The van der Waals surface area contributed by atoms with Crippen LogP contribution in [0, 0.1) is 0 Å². The standard InChI is InChI=1S/C15H13BrCl2O/c1-19-15-7-6-12(17)9-13(15)14(18)8-10-2-4-11(16)5-3-10/h2-7,9,14H,8H2,1H3. The Morgan fingerprint density at radius 3 is 2.47 bits per heavy atom. The van der Waals surface area contributed by atoms with Gasteiger partial charge in [0.1, 0.15) is 5.75 Å². The number of hydrogen-bond acceptors (Lipinski definition) is 1. The average Bonchev–Trinajstić information content (AvgIpc) is 2.41. The van der Waals surface area contributed by atoms with E-state index >= 15 is 0 Å². The van der Waals surface area contributed by atoms with E-state index in [2.05, 4.69) is 28.1 Å². The maximum atomic E-state index is 6.49. The number of alkyl halides is 1. The zero-order valence-electron chi connectivity index (χ0n) is 10.4. The second-order valence-corrected chi connectivity index (χ2v) is 6.06. The highest BCUT2D eigenvalue weighted by atomic mass is 79.9. The van der Waals surface area contributed by atoms with Gasteiger partial charge in [-0.05, 0) is 42.3 Å². The van der Waals surface area contributed by atoms with Gasteiger partial charge < -0.3 is 4.74 Å². The zero-order valence-corrected chi connectivity index (χ0v) is 13.5. The summed E-state index contributed by atoms with van der Waals surface area (Å²) in [6.45, 7) is 0. The van der Waals surface area contributed by atoms with E-state index in [0.717, 1.165) is 22.2 Å². The molecule has 4 heteroatoms. The molecule has 0 aliphatic rings. The van der Waals surface area contributed by atoms with Gasteiger partial charge in [-0.25, -0.2) is 0 Å². The molecular formula is C15H13BrCl2O. The maximum absolute atomic E-state index is 6.49. The van der Waals surface area contributed by atoms with E-state index in [9.17, 15) is 0 Å². The van der Waals surface area contributed by atoms with Gasteiger partial charge in [0.2, 0.25) is 0 Å². The van der Waals surface area contributed by atoms with E-state index in [1.807, 2.05) is 24.3 Å². The lowest BCUT2D eigenvalue weighted by Gasteiger charge is -2.14. The van der Waals surface area contributed by atoms with Crippen LogP contribution in [0.25, 0.3) is 0 Å². The smallest absolute Gasteiger partial charge is 0.123 e. The molecule has 0 saturated carbocycles. The van der Waals surface area contributed by atoms with Gasteiger partial charge >= 0.3 is 0 Å². The molecule has 0 spiro atoms. The molecule has 0 aliphatic carbocycles. The van der Waals surface area contributed by atoms with Gasteiger partial charge in [0, 0.05) is 15.1 Å². The third-order valence-corrected chi connectivity index (χ3v) is 4.01. The number of rotatable bonds is 4. The Bertz CT molecular complexity index is 555. The summed E-state index contributed by atoms with van der Waals surface area (Å²) in [5, 5.41) is 0.493. The first kappa shape index (κ1) is 14.7. The minimum absolute atomic E-state index is 0.171. The first-order chi connectivity index (χ1) is 9.10. The summed E-state index contributed by atoms with van der Waals surface area (Å²) < 4.78 is 6.39. The predicted octanol–water partition coefficient (Wildman–Crippen LogP) is 5.63. The number of methoxy groups -OCH3 is 1. The van der Waals surface area contributed by atoms with Crippen molar-refractivity contribution in [3.63, 3.8) is 0 Å². The van der Waals surface area contributed by atoms with Crippen LogP contribution < -0.4 is 4.74 Å². The Hall–Kier alpha value is -0.700. The lowest BCUT2D eigenvalue weighted by Crippen LogP contribution is -1.99. The van der Waals surface area contributed by atoms with Crippen molar-refractivity contribution < 1.29 is 4.74 Å². The monoisotopic (exact) mass is 358 g/mol. The summed E-state index contributed by atoms with van der Waals surface area (Å²) in [6.07, 6.45) is 0.728. The molecule has 0 radical (unpaired) electrons. The molecule has 0 saturated heterocycles. The number of hydrogen-bond donors (Lipinski definition) is 0. The third kappa shape index (κ3) is 3.88. The Kier molecular flexibility index (Phi) is 5.14. The molecule has 2 aromatic carbocycles. The molecule has 1 nitrogen and oxygen atoms in total. The number of halogens is 3. The summed E-state index contributed by atoms with van der Waals surface area (Å²) in [5.41, 5.74) is 2.09. The molecular weight excluding hydrogens is 347 g/mol. The summed E-state index contributed by atoms with van der Waals surface area (Å²) in [5.74, 6) is 0.765. The Balaban J connectivity index is 2.21. The van der Waals surface area contributed by atoms with Crippen molar-refractivity contribution >= 4 is 39.1 Å². The van der Waals surface area contributed by atoms with Crippen molar-refractivity contribution in [2.24, 2.45) is 0 Å². The second-order valence-electron chi connectivity index (χ2n) is 4.18. The van der Waals surface area contributed by atoms with Crippen LogP contribution in [0.2, 0.25) is 5.02 Å². The SMILES string of the molecule is COc1ccc(Cl)cc1C(Cl)Cc1ccc(Br)cc1. The van der Waals surface area contributed by atoms with Crippen LogP contribution in [0.3, 0.4) is 0 Å². The van der Waals surface area contributed by atoms with E-state index in [-0.39, 0.29) is 5.38 Å². The molecule has 1 unspecified atom stereocenters. The Morgan fingerprint density at radius 2 is 1.84 bits per heavy atom. The molecule has 0 N–H and O–H groups in total. The largest absolute Gasteiger partial charge is 0.496 e. The van der Waals surface area contributed by atoms with Crippen LogP contribution in [-0.2, 0) is 6.42 Å². The molecule has 0 amide bonds. The molecule has 0 heterocycles. The van der Waals surface area contributed by atoms with Crippen molar-refractivity contribution in [1.82, 2.24) is 0 Å². The summed E-state index contributed by atoms with van der Waals surface area (Å²) >= 11 is 15.9. The average molecular weight is 360 g/mol. The highest BCUT2D eigenvalue weighted by molar-refractivity contribution is 9.10. The predicted molar refractivity (Wildman–Crippen MR) is 84.4 cm³/mol. The van der Waals surface area contributed by atoms with E-state index in [4.69, 9.17) is 27.9 Å².